The van der Waals surface area contributed by atoms with Crippen LogP contribution >= 0.6 is 0 Å². The first-order valence-corrected chi connectivity index (χ1v) is 6.18. The fraction of sp³-hybridized carbons (Fsp3) is 0.125. The Labute approximate surface area is 111 Å². The van der Waals surface area contributed by atoms with Gasteiger partial charge < -0.3 is 14.5 Å². The third kappa shape index (κ3) is 2.40. The number of rotatable bonds is 4. The summed E-state index contributed by atoms with van der Waals surface area (Å²) in [6, 6.07) is 15.8. The molecule has 96 valence electrons. The lowest BCUT2D eigenvalue weighted by Gasteiger charge is -2.06. The number of hydrogen-bond donors (Lipinski definition) is 1. The van der Waals surface area contributed by atoms with Gasteiger partial charge in [0.15, 0.2) is 0 Å². The van der Waals surface area contributed by atoms with Crippen LogP contribution in [0.1, 0.15) is 5.56 Å². The summed E-state index contributed by atoms with van der Waals surface area (Å²) in [6.07, 6.45) is 1.99. The molecule has 0 unspecified atom stereocenters. The van der Waals surface area contributed by atoms with Gasteiger partial charge in [-0.2, -0.15) is 0 Å². The summed E-state index contributed by atoms with van der Waals surface area (Å²) in [4.78, 5) is 3.24. The van der Waals surface area contributed by atoms with Crippen LogP contribution in [-0.4, -0.2) is 12.1 Å². The predicted molar refractivity (Wildman–Crippen MR) is 75.6 cm³/mol. The van der Waals surface area contributed by atoms with Crippen molar-refractivity contribution in [3.63, 3.8) is 0 Å². The molecular weight excluding hydrogens is 238 g/mol. The van der Waals surface area contributed by atoms with Crippen molar-refractivity contribution >= 4 is 10.9 Å². The van der Waals surface area contributed by atoms with Crippen LogP contribution < -0.4 is 9.47 Å². The normalized spacial score (nSPS) is 10.6. The highest BCUT2D eigenvalue weighted by Crippen LogP contribution is 2.21. The molecule has 0 spiro atoms. The Balaban J connectivity index is 1.74. The van der Waals surface area contributed by atoms with E-state index in [1.54, 1.807) is 7.11 Å². The molecule has 0 saturated heterocycles. The van der Waals surface area contributed by atoms with Crippen LogP contribution in [0.2, 0.25) is 0 Å². The van der Waals surface area contributed by atoms with Crippen molar-refractivity contribution in [2.45, 2.75) is 6.61 Å². The summed E-state index contributed by atoms with van der Waals surface area (Å²) in [5.74, 6) is 1.67. The van der Waals surface area contributed by atoms with Crippen LogP contribution in [0.3, 0.4) is 0 Å². The van der Waals surface area contributed by atoms with Gasteiger partial charge in [0.1, 0.15) is 18.1 Å². The van der Waals surface area contributed by atoms with Crippen LogP contribution in [0.4, 0.5) is 0 Å². The zero-order valence-electron chi connectivity index (χ0n) is 10.7. The number of aromatic amines is 1. The molecule has 0 bridgehead atoms. The number of benzene rings is 2. The maximum Gasteiger partial charge on any atom is 0.120 e. The molecule has 3 heteroatoms. The third-order valence-electron chi connectivity index (χ3n) is 3.13. The van der Waals surface area contributed by atoms with Gasteiger partial charge in [-0.15, -0.1) is 0 Å². The third-order valence-corrected chi connectivity index (χ3v) is 3.13. The molecular formula is C16H15NO2. The molecule has 3 nitrogen and oxygen atoms in total. The fourth-order valence-electron chi connectivity index (χ4n) is 2.08. The lowest BCUT2D eigenvalue weighted by Crippen LogP contribution is -1.94. The zero-order valence-corrected chi connectivity index (χ0v) is 10.7. The minimum atomic E-state index is 0.552. The van der Waals surface area contributed by atoms with Crippen LogP contribution in [0, 0.1) is 0 Å². The molecule has 0 saturated carbocycles. The number of fused-ring (bicyclic) bond motifs is 1. The van der Waals surface area contributed by atoms with E-state index in [0.717, 1.165) is 22.6 Å². The van der Waals surface area contributed by atoms with E-state index in [2.05, 4.69) is 17.1 Å². The second-order valence-electron chi connectivity index (χ2n) is 4.32. The lowest BCUT2D eigenvalue weighted by molar-refractivity contribution is 0.307. The van der Waals surface area contributed by atoms with Gasteiger partial charge in [-0.05, 0) is 30.3 Å². The second kappa shape index (κ2) is 5.06. The monoisotopic (exact) mass is 253 g/mol. The second-order valence-corrected chi connectivity index (χ2v) is 4.32. The Morgan fingerprint density at radius 1 is 0.947 bits per heavy atom. The number of aromatic nitrogens is 1. The van der Waals surface area contributed by atoms with Crippen LogP contribution in [-0.2, 0) is 6.61 Å². The Kier molecular flexibility index (Phi) is 3.11. The molecule has 0 atom stereocenters. The van der Waals surface area contributed by atoms with Crippen LogP contribution in [0.5, 0.6) is 11.5 Å². The molecule has 0 fully saturated rings. The molecule has 0 aliphatic rings. The van der Waals surface area contributed by atoms with Crippen molar-refractivity contribution in [1.29, 1.82) is 0 Å². The first-order chi connectivity index (χ1) is 9.36. The van der Waals surface area contributed by atoms with E-state index >= 15 is 0 Å². The molecule has 19 heavy (non-hydrogen) atoms. The van der Waals surface area contributed by atoms with Gasteiger partial charge in [-0.3, -0.25) is 0 Å². The Hall–Kier alpha value is -2.42. The van der Waals surface area contributed by atoms with E-state index in [1.165, 1.54) is 5.39 Å². The summed E-state index contributed by atoms with van der Waals surface area (Å²) < 4.78 is 10.9. The van der Waals surface area contributed by atoms with E-state index < -0.39 is 0 Å². The Morgan fingerprint density at radius 3 is 2.47 bits per heavy atom. The summed E-state index contributed by atoms with van der Waals surface area (Å²) >= 11 is 0. The topological polar surface area (TPSA) is 34.2 Å². The predicted octanol–water partition coefficient (Wildman–Crippen LogP) is 3.76. The highest BCUT2D eigenvalue weighted by Gasteiger charge is 2.03. The van der Waals surface area contributed by atoms with E-state index in [0.29, 0.717) is 6.61 Å². The number of H-pyrrole nitrogens is 1. The SMILES string of the molecule is COc1ccc(OCc2c[nH]c3ccccc23)cc1. The molecule has 2 aromatic carbocycles. The maximum atomic E-state index is 5.78. The molecule has 1 aromatic heterocycles. The van der Waals surface area contributed by atoms with Gasteiger partial charge in [-0.1, -0.05) is 18.2 Å². The van der Waals surface area contributed by atoms with E-state index in [9.17, 15) is 0 Å². The minimum absolute atomic E-state index is 0.552. The molecule has 0 amide bonds. The molecule has 0 aliphatic heterocycles. The fourth-order valence-corrected chi connectivity index (χ4v) is 2.08. The van der Waals surface area contributed by atoms with Crippen LogP contribution in [0.15, 0.2) is 54.7 Å². The summed E-state index contributed by atoms with van der Waals surface area (Å²) in [7, 11) is 1.65. The van der Waals surface area contributed by atoms with Crippen molar-refractivity contribution in [2.75, 3.05) is 7.11 Å². The van der Waals surface area contributed by atoms with Crippen molar-refractivity contribution in [3.05, 3.63) is 60.3 Å². The van der Waals surface area contributed by atoms with Crippen molar-refractivity contribution in [1.82, 2.24) is 4.98 Å². The first-order valence-electron chi connectivity index (χ1n) is 6.18. The van der Waals surface area contributed by atoms with Crippen molar-refractivity contribution < 1.29 is 9.47 Å². The van der Waals surface area contributed by atoms with Crippen molar-refractivity contribution in [3.8, 4) is 11.5 Å². The number of ether oxygens (including phenoxy) is 2. The highest BCUT2D eigenvalue weighted by atomic mass is 16.5. The van der Waals surface area contributed by atoms with E-state index in [-0.39, 0.29) is 0 Å². The smallest absolute Gasteiger partial charge is 0.120 e. The Morgan fingerprint density at radius 2 is 1.68 bits per heavy atom. The lowest BCUT2D eigenvalue weighted by atomic mass is 10.2. The zero-order chi connectivity index (χ0) is 13.1. The minimum Gasteiger partial charge on any atom is -0.497 e. The molecule has 3 rings (SSSR count). The standard InChI is InChI=1S/C16H15NO2/c1-18-13-6-8-14(9-7-13)19-11-12-10-17-16-5-3-2-4-15(12)16/h2-10,17H,11H2,1H3. The first kappa shape index (κ1) is 11.7. The van der Waals surface area contributed by atoms with Gasteiger partial charge in [0, 0.05) is 22.7 Å². The summed E-state index contributed by atoms with van der Waals surface area (Å²) in [5, 5.41) is 1.20. The quantitative estimate of drug-likeness (QED) is 0.768. The highest BCUT2D eigenvalue weighted by molar-refractivity contribution is 5.82. The van der Waals surface area contributed by atoms with Gasteiger partial charge in [0.25, 0.3) is 0 Å². The molecule has 0 aliphatic carbocycles. The average Bonchev–Trinajstić information content (AvgIpc) is 2.89. The summed E-state index contributed by atoms with van der Waals surface area (Å²) in [6.45, 7) is 0.552. The molecule has 3 aromatic rings. The number of nitrogens with one attached hydrogen (secondary N) is 1. The van der Waals surface area contributed by atoms with Gasteiger partial charge in [-0.25, -0.2) is 0 Å². The molecule has 0 radical (unpaired) electrons. The maximum absolute atomic E-state index is 5.78. The number of methoxy groups -OCH3 is 1. The van der Waals surface area contributed by atoms with Crippen molar-refractivity contribution in [2.24, 2.45) is 0 Å². The van der Waals surface area contributed by atoms with Crippen LogP contribution in [0.25, 0.3) is 10.9 Å². The van der Waals surface area contributed by atoms with E-state index in [4.69, 9.17) is 9.47 Å². The average molecular weight is 253 g/mol. The van der Waals surface area contributed by atoms with Gasteiger partial charge in [0.2, 0.25) is 0 Å². The molecule has 1 heterocycles. The van der Waals surface area contributed by atoms with Gasteiger partial charge in [0.05, 0.1) is 7.11 Å². The Bertz CT molecular complexity index is 671. The number of hydrogen-bond acceptors (Lipinski definition) is 2. The summed E-state index contributed by atoms with van der Waals surface area (Å²) in [5.41, 5.74) is 2.29. The van der Waals surface area contributed by atoms with Gasteiger partial charge >= 0.3 is 0 Å². The largest absolute Gasteiger partial charge is 0.497 e. The number of para-hydroxylation sites is 1. The van der Waals surface area contributed by atoms with E-state index in [1.807, 2.05) is 42.6 Å². The molecule has 1 N–H and O–H groups in total.